The number of nitrogens with two attached hydrogens (primary N) is 1. The summed E-state index contributed by atoms with van der Waals surface area (Å²) in [5.74, 6) is 1.55. The SMILES string of the molecule is Nc1ccccc1OCCOc1ccc(I)cc1. The van der Waals surface area contributed by atoms with Crippen LogP contribution in [0.15, 0.2) is 48.5 Å². The minimum atomic E-state index is 0.472. The normalized spacial score (nSPS) is 10.1. The molecule has 0 radical (unpaired) electrons. The van der Waals surface area contributed by atoms with Crippen LogP contribution in [0.5, 0.6) is 11.5 Å². The Morgan fingerprint density at radius 3 is 2.28 bits per heavy atom. The number of nitrogen functional groups attached to an aromatic ring is 1. The fraction of sp³-hybridized carbons (Fsp3) is 0.143. The van der Waals surface area contributed by atoms with Gasteiger partial charge in [0.2, 0.25) is 0 Å². The first kappa shape index (κ1) is 13.0. The number of ether oxygens (including phenoxy) is 2. The van der Waals surface area contributed by atoms with Gasteiger partial charge >= 0.3 is 0 Å². The molecule has 3 nitrogen and oxygen atoms in total. The smallest absolute Gasteiger partial charge is 0.142 e. The second-order valence-corrected chi connectivity index (χ2v) is 4.93. The quantitative estimate of drug-likeness (QED) is 0.508. The van der Waals surface area contributed by atoms with Crippen molar-refractivity contribution in [1.82, 2.24) is 0 Å². The molecule has 2 rings (SSSR count). The summed E-state index contributed by atoms with van der Waals surface area (Å²) in [4.78, 5) is 0. The predicted molar refractivity (Wildman–Crippen MR) is 81.0 cm³/mol. The maximum atomic E-state index is 5.76. The van der Waals surface area contributed by atoms with E-state index < -0.39 is 0 Å². The van der Waals surface area contributed by atoms with Crippen molar-refractivity contribution >= 4 is 28.3 Å². The number of anilines is 1. The van der Waals surface area contributed by atoms with Crippen molar-refractivity contribution in [3.8, 4) is 11.5 Å². The van der Waals surface area contributed by atoms with Crippen LogP contribution >= 0.6 is 22.6 Å². The van der Waals surface area contributed by atoms with Crippen LogP contribution < -0.4 is 15.2 Å². The lowest BCUT2D eigenvalue weighted by atomic mass is 10.3. The lowest BCUT2D eigenvalue weighted by Gasteiger charge is -2.09. The molecule has 0 unspecified atom stereocenters. The molecule has 0 fully saturated rings. The summed E-state index contributed by atoms with van der Waals surface area (Å²) in [5.41, 5.74) is 6.41. The van der Waals surface area contributed by atoms with Crippen LogP contribution in [-0.2, 0) is 0 Å². The Morgan fingerprint density at radius 2 is 1.56 bits per heavy atom. The van der Waals surface area contributed by atoms with Gasteiger partial charge in [-0.05, 0) is 59.0 Å². The maximum Gasteiger partial charge on any atom is 0.142 e. The Kier molecular flexibility index (Phi) is 4.69. The Hall–Kier alpha value is -1.43. The summed E-state index contributed by atoms with van der Waals surface area (Å²) in [6.07, 6.45) is 0. The molecule has 94 valence electrons. The van der Waals surface area contributed by atoms with Gasteiger partial charge in [-0.3, -0.25) is 0 Å². The van der Waals surface area contributed by atoms with E-state index in [9.17, 15) is 0 Å². The predicted octanol–water partition coefficient (Wildman–Crippen LogP) is 3.33. The van der Waals surface area contributed by atoms with Crippen LogP contribution in [0.3, 0.4) is 0 Å². The lowest BCUT2D eigenvalue weighted by molar-refractivity contribution is 0.218. The lowest BCUT2D eigenvalue weighted by Crippen LogP contribution is -2.09. The molecule has 0 aliphatic rings. The van der Waals surface area contributed by atoms with Crippen molar-refractivity contribution in [2.45, 2.75) is 0 Å². The van der Waals surface area contributed by atoms with Gasteiger partial charge in [0, 0.05) is 3.57 Å². The van der Waals surface area contributed by atoms with E-state index in [0.29, 0.717) is 24.7 Å². The Bertz CT molecular complexity index is 499. The molecule has 18 heavy (non-hydrogen) atoms. The molecule has 0 saturated heterocycles. The molecule has 2 aromatic rings. The van der Waals surface area contributed by atoms with E-state index in [4.69, 9.17) is 15.2 Å². The summed E-state index contributed by atoms with van der Waals surface area (Å²) in [6.45, 7) is 0.967. The van der Waals surface area contributed by atoms with Gasteiger partial charge in [-0.1, -0.05) is 12.1 Å². The second-order valence-electron chi connectivity index (χ2n) is 3.69. The third kappa shape index (κ3) is 3.80. The fourth-order valence-electron chi connectivity index (χ4n) is 1.45. The molecule has 4 heteroatoms. The monoisotopic (exact) mass is 355 g/mol. The highest BCUT2D eigenvalue weighted by Gasteiger charge is 1.98. The molecule has 0 heterocycles. The van der Waals surface area contributed by atoms with Gasteiger partial charge < -0.3 is 15.2 Å². The number of rotatable bonds is 5. The van der Waals surface area contributed by atoms with Crippen molar-refractivity contribution in [2.75, 3.05) is 18.9 Å². The zero-order valence-corrected chi connectivity index (χ0v) is 12.0. The molecule has 0 spiro atoms. The van der Waals surface area contributed by atoms with Gasteiger partial charge in [0.1, 0.15) is 24.7 Å². The van der Waals surface area contributed by atoms with Crippen molar-refractivity contribution < 1.29 is 9.47 Å². The van der Waals surface area contributed by atoms with E-state index in [0.717, 1.165) is 5.75 Å². The van der Waals surface area contributed by atoms with Crippen molar-refractivity contribution in [2.24, 2.45) is 0 Å². The first-order valence-electron chi connectivity index (χ1n) is 5.61. The van der Waals surface area contributed by atoms with E-state index >= 15 is 0 Å². The zero-order valence-electron chi connectivity index (χ0n) is 9.80. The summed E-state index contributed by atoms with van der Waals surface area (Å²) < 4.78 is 12.3. The van der Waals surface area contributed by atoms with Gasteiger partial charge in [-0.2, -0.15) is 0 Å². The van der Waals surface area contributed by atoms with Crippen LogP contribution in [0.4, 0.5) is 5.69 Å². The van der Waals surface area contributed by atoms with Gasteiger partial charge in [-0.25, -0.2) is 0 Å². The average Bonchev–Trinajstić information content (AvgIpc) is 2.39. The van der Waals surface area contributed by atoms with Gasteiger partial charge in [0.25, 0.3) is 0 Å². The minimum absolute atomic E-state index is 0.472. The average molecular weight is 355 g/mol. The molecule has 0 aromatic heterocycles. The van der Waals surface area contributed by atoms with Gasteiger partial charge in [-0.15, -0.1) is 0 Å². The van der Waals surface area contributed by atoms with Crippen LogP contribution in [0, 0.1) is 3.57 Å². The fourth-order valence-corrected chi connectivity index (χ4v) is 1.81. The molecular formula is C14H14INO2. The van der Waals surface area contributed by atoms with E-state index in [1.165, 1.54) is 3.57 Å². The molecule has 0 amide bonds. The largest absolute Gasteiger partial charge is 0.490 e. The molecule has 0 saturated carbocycles. The van der Waals surface area contributed by atoms with E-state index in [1.807, 2.05) is 48.5 Å². The van der Waals surface area contributed by atoms with Crippen molar-refractivity contribution in [3.63, 3.8) is 0 Å². The molecule has 2 aromatic carbocycles. The number of para-hydroxylation sites is 2. The highest BCUT2D eigenvalue weighted by atomic mass is 127. The van der Waals surface area contributed by atoms with E-state index in [1.54, 1.807) is 0 Å². The van der Waals surface area contributed by atoms with Crippen LogP contribution in [0.25, 0.3) is 0 Å². The van der Waals surface area contributed by atoms with Crippen LogP contribution in [0.1, 0.15) is 0 Å². The molecular weight excluding hydrogens is 341 g/mol. The molecule has 0 bridgehead atoms. The van der Waals surface area contributed by atoms with E-state index in [-0.39, 0.29) is 0 Å². The van der Waals surface area contributed by atoms with Crippen molar-refractivity contribution in [3.05, 3.63) is 52.1 Å². The summed E-state index contributed by atoms with van der Waals surface area (Å²) >= 11 is 2.26. The van der Waals surface area contributed by atoms with Crippen molar-refractivity contribution in [1.29, 1.82) is 0 Å². The van der Waals surface area contributed by atoms with Gasteiger partial charge in [0.15, 0.2) is 0 Å². The minimum Gasteiger partial charge on any atom is -0.490 e. The number of hydrogen-bond acceptors (Lipinski definition) is 3. The molecule has 0 aliphatic carbocycles. The standard InChI is InChI=1S/C14H14INO2/c15-11-5-7-12(8-6-11)17-9-10-18-14-4-2-1-3-13(14)16/h1-8H,9-10,16H2. The zero-order chi connectivity index (χ0) is 12.8. The Balaban J connectivity index is 1.76. The summed E-state index contributed by atoms with van der Waals surface area (Å²) in [6, 6.07) is 15.3. The summed E-state index contributed by atoms with van der Waals surface area (Å²) in [7, 11) is 0. The Morgan fingerprint density at radius 1 is 0.889 bits per heavy atom. The second kappa shape index (κ2) is 6.49. The highest BCUT2D eigenvalue weighted by molar-refractivity contribution is 14.1. The molecule has 0 aliphatic heterocycles. The van der Waals surface area contributed by atoms with Gasteiger partial charge in [0.05, 0.1) is 5.69 Å². The highest BCUT2D eigenvalue weighted by Crippen LogP contribution is 2.19. The third-order valence-corrected chi connectivity index (χ3v) is 3.06. The number of benzene rings is 2. The molecule has 2 N–H and O–H groups in total. The molecule has 0 atom stereocenters. The first-order valence-corrected chi connectivity index (χ1v) is 6.69. The van der Waals surface area contributed by atoms with Crippen LogP contribution in [0.2, 0.25) is 0 Å². The van der Waals surface area contributed by atoms with E-state index in [2.05, 4.69) is 22.6 Å². The summed E-state index contributed by atoms with van der Waals surface area (Å²) in [5, 5.41) is 0. The number of halogens is 1. The Labute approximate surface area is 120 Å². The number of hydrogen-bond donors (Lipinski definition) is 1. The first-order chi connectivity index (χ1) is 8.75. The maximum absolute atomic E-state index is 5.76. The topological polar surface area (TPSA) is 44.5 Å². The van der Waals surface area contributed by atoms with Crippen LogP contribution in [-0.4, -0.2) is 13.2 Å². The third-order valence-electron chi connectivity index (χ3n) is 2.34.